The minimum Gasteiger partial charge on any atom is -0.330 e. The Morgan fingerprint density at radius 3 is 1.39 bits per heavy atom. The third-order valence-electron chi connectivity index (χ3n) is 2.56. The standard InChI is InChI=1S/C12H27N.H3O4P/c1-2-3-4-5-6-7-8-9-10-11-12-13;1-5(2,3)4/h2-13H2,1H3;(H3,1,2,3,4)/p+1. The van der Waals surface area contributed by atoms with Crippen LogP contribution < -0.4 is 5.73 Å². The molecule has 0 aromatic heterocycles. The molecule has 0 rings (SSSR count). The van der Waals surface area contributed by atoms with Crippen molar-refractivity contribution >= 4 is 7.82 Å². The molecular formula is C12H31NO4P+. The van der Waals surface area contributed by atoms with E-state index in [1.807, 2.05) is 0 Å². The molecule has 5 N–H and O–H groups in total. The Bertz CT molecular complexity index is 184. The van der Waals surface area contributed by atoms with Gasteiger partial charge >= 0.3 is 9.25 Å². The molecule has 0 aromatic carbocycles. The summed E-state index contributed by atoms with van der Waals surface area (Å²) in [5.74, 6) is 0. The number of nitrogens with two attached hydrogens (primary N) is 1. The van der Waals surface area contributed by atoms with E-state index >= 15 is 0 Å². The van der Waals surface area contributed by atoms with Crippen molar-refractivity contribution in [1.29, 1.82) is 0 Å². The lowest BCUT2D eigenvalue weighted by Gasteiger charge is -2.00. The molecule has 0 saturated heterocycles. The maximum Gasteiger partial charge on any atom is 1.00 e. The van der Waals surface area contributed by atoms with Gasteiger partial charge in [0.2, 0.25) is 0 Å². The molecule has 6 heteroatoms. The summed E-state index contributed by atoms with van der Waals surface area (Å²) >= 11 is 0. The van der Waals surface area contributed by atoms with Crippen molar-refractivity contribution in [3.8, 4) is 0 Å². The molecule has 0 aliphatic heterocycles. The Hall–Kier alpha value is 0.0700. The number of hydrogen-bond acceptors (Lipinski definition) is 2. The second kappa shape index (κ2) is 15.1. The van der Waals surface area contributed by atoms with Gasteiger partial charge in [0.25, 0.3) is 0 Å². The number of hydrogen-bond donors (Lipinski definition) is 4. The summed E-state index contributed by atoms with van der Waals surface area (Å²) in [5.41, 5.74) is 5.42. The number of phosphoric acid groups is 1. The van der Waals surface area contributed by atoms with E-state index in [-0.39, 0.29) is 1.43 Å². The van der Waals surface area contributed by atoms with E-state index in [0.717, 1.165) is 6.54 Å². The van der Waals surface area contributed by atoms with Crippen molar-refractivity contribution in [2.24, 2.45) is 5.73 Å². The first-order valence-corrected chi connectivity index (χ1v) is 8.46. The quantitative estimate of drug-likeness (QED) is 0.364. The van der Waals surface area contributed by atoms with Gasteiger partial charge in [0.15, 0.2) is 0 Å². The summed E-state index contributed by atoms with van der Waals surface area (Å²) in [5, 5.41) is 0. The third-order valence-corrected chi connectivity index (χ3v) is 2.56. The Morgan fingerprint density at radius 1 is 0.833 bits per heavy atom. The van der Waals surface area contributed by atoms with E-state index in [4.69, 9.17) is 25.0 Å². The molecule has 0 atom stereocenters. The van der Waals surface area contributed by atoms with Crippen LogP contribution in [0, 0.1) is 0 Å². The fourth-order valence-corrected chi connectivity index (χ4v) is 1.63. The van der Waals surface area contributed by atoms with Gasteiger partial charge in [-0.25, -0.2) is 4.57 Å². The van der Waals surface area contributed by atoms with Crippen LogP contribution in [0.2, 0.25) is 0 Å². The van der Waals surface area contributed by atoms with Crippen LogP contribution in [-0.4, -0.2) is 21.2 Å². The monoisotopic (exact) mass is 284 g/mol. The summed E-state index contributed by atoms with van der Waals surface area (Å²) in [4.78, 5) is 21.6. The first kappa shape index (κ1) is 20.4. The molecule has 5 nitrogen and oxygen atoms in total. The lowest BCUT2D eigenvalue weighted by atomic mass is 10.1. The Labute approximate surface area is 113 Å². The number of unbranched alkanes of at least 4 members (excludes halogenated alkanes) is 9. The lowest BCUT2D eigenvalue weighted by molar-refractivity contribution is 0.275. The zero-order valence-corrected chi connectivity index (χ0v) is 12.4. The fourth-order valence-electron chi connectivity index (χ4n) is 1.63. The minimum absolute atomic E-state index is 0. The first-order chi connectivity index (χ1) is 8.41. The summed E-state index contributed by atoms with van der Waals surface area (Å²) in [6.07, 6.45) is 13.9. The summed E-state index contributed by atoms with van der Waals surface area (Å²) in [6.45, 7) is 3.14. The van der Waals surface area contributed by atoms with Crippen LogP contribution in [0.15, 0.2) is 0 Å². The zero-order valence-electron chi connectivity index (χ0n) is 12.6. The van der Waals surface area contributed by atoms with E-state index in [0.29, 0.717) is 0 Å². The van der Waals surface area contributed by atoms with Gasteiger partial charge in [0.05, 0.1) is 0 Å². The number of rotatable bonds is 10. The normalized spacial score (nSPS) is 10.9. The van der Waals surface area contributed by atoms with Gasteiger partial charge in [0.1, 0.15) is 0 Å². The van der Waals surface area contributed by atoms with E-state index in [2.05, 4.69) is 6.92 Å². The first-order valence-electron chi connectivity index (χ1n) is 6.90. The van der Waals surface area contributed by atoms with Crippen LogP contribution in [0.3, 0.4) is 0 Å². The van der Waals surface area contributed by atoms with E-state index in [1.54, 1.807) is 0 Å². The minimum atomic E-state index is -4.64. The van der Waals surface area contributed by atoms with Gasteiger partial charge in [-0.1, -0.05) is 64.7 Å². The van der Waals surface area contributed by atoms with Gasteiger partial charge < -0.3 is 20.4 Å². The molecule has 0 radical (unpaired) electrons. The van der Waals surface area contributed by atoms with Crippen LogP contribution in [-0.2, 0) is 4.57 Å². The lowest BCUT2D eigenvalue weighted by Crippen LogP contribution is -1.97. The average molecular weight is 284 g/mol. The van der Waals surface area contributed by atoms with Crippen molar-refractivity contribution < 1.29 is 20.7 Å². The van der Waals surface area contributed by atoms with Crippen molar-refractivity contribution in [2.75, 3.05) is 6.54 Å². The maximum absolute atomic E-state index is 8.88. The Morgan fingerprint density at radius 2 is 1.11 bits per heavy atom. The van der Waals surface area contributed by atoms with Gasteiger partial charge in [-0.3, -0.25) is 0 Å². The fraction of sp³-hybridized carbons (Fsp3) is 1.00. The molecule has 0 saturated carbocycles. The second-order valence-electron chi connectivity index (χ2n) is 4.48. The predicted molar refractivity (Wildman–Crippen MR) is 76.3 cm³/mol. The second-order valence-corrected chi connectivity index (χ2v) is 5.51. The van der Waals surface area contributed by atoms with Crippen LogP contribution in [0.5, 0.6) is 0 Å². The molecule has 112 valence electrons. The maximum atomic E-state index is 8.88. The molecule has 0 amide bonds. The molecule has 0 aliphatic carbocycles. The molecule has 0 heterocycles. The van der Waals surface area contributed by atoms with Crippen molar-refractivity contribution in [3.05, 3.63) is 0 Å². The topological polar surface area (TPSA) is 104 Å². The third kappa shape index (κ3) is 36.0. The highest BCUT2D eigenvalue weighted by Crippen LogP contribution is 2.25. The molecule has 0 aromatic rings. The van der Waals surface area contributed by atoms with E-state index in [1.165, 1.54) is 64.2 Å². The van der Waals surface area contributed by atoms with Gasteiger partial charge in [-0.2, -0.15) is 0 Å². The Balaban J connectivity index is -0.000000366. The van der Waals surface area contributed by atoms with Crippen LogP contribution in [0.25, 0.3) is 0 Å². The average Bonchev–Trinajstić information content (AvgIpc) is 2.25. The van der Waals surface area contributed by atoms with Gasteiger partial charge in [-0.05, 0) is 13.0 Å². The predicted octanol–water partition coefficient (Wildman–Crippen LogP) is 3.05. The molecular weight excluding hydrogens is 253 g/mol. The highest BCUT2D eigenvalue weighted by Gasteiger charge is 2.00. The Kier molecular flexibility index (Phi) is 17.1. The van der Waals surface area contributed by atoms with Gasteiger partial charge in [0, 0.05) is 0 Å². The van der Waals surface area contributed by atoms with E-state index < -0.39 is 7.82 Å². The molecule has 0 fully saturated rings. The summed E-state index contributed by atoms with van der Waals surface area (Å²) in [7, 11) is -4.64. The van der Waals surface area contributed by atoms with Crippen molar-refractivity contribution in [1.82, 2.24) is 0 Å². The SMILES string of the molecule is CCCCCCCCCCCCN.O=P(O)(O)O.[H+]. The zero-order chi connectivity index (χ0) is 14.3. The molecule has 0 spiro atoms. The van der Waals surface area contributed by atoms with Crippen LogP contribution in [0.1, 0.15) is 72.6 Å². The van der Waals surface area contributed by atoms with Crippen LogP contribution in [0.4, 0.5) is 0 Å². The molecule has 0 unspecified atom stereocenters. The van der Waals surface area contributed by atoms with Gasteiger partial charge in [-0.15, -0.1) is 0 Å². The summed E-state index contributed by atoms with van der Waals surface area (Å²) in [6, 6.07) is 0. The highest BCUT2D eigenvalue weighted by molar-refractivity contribution is 7.45. The largest absolute Gasteiger partial charge is 1.00 e. The summed E-state index contributed by atoms with van der Waals surface area (Å²) < 4.78 is 8.88. The molecule has 0 bridgehead atoms. The molecule has 0 aliphatic rings. The van der Waals surface area contributed by atoms with Crippen molar-refractivity contribution in [2.45, 2.75) is 71.1 Å². The van der Waals surface area contributed by atoms with E-state index in [9.17, 15) is 0 Å². The highest BCUT2D eigenvalue weighted by atomic mass is 31.2. The van der Waals surface area contributed by atoms with Crippen LogP contribution >= 0.6 is 7.82 Å². The smallest absolute Gasteiger partial charge is 0.330 e. The van der Waals surface area contributed by atoms with Crippen molar-refractivity contribution in [3.63, 3.8) is 0 Å². The molecule has 18 heavy (non-hydrogen) atoms.